The Morgan fingerprint density at radius 1 is 0.369 bits per heavy atom. The van der Waals surface area contributed by atoms with Gasteiger partial charge in [0.15, 0.2) is 0 Å². The maximum atomic E-state index is 9.07. The molecule has 0 N–H and O–H groups in total. The average molecular weight is 850 g/mol. The minimum Gasteiger partial charge on any atom is -0.311 e. The number of rotatable bonds is 7. The van der Waals surface area contributed by atoms with E-state index in [-0.39, 0.29) is 29.9 Å². The van der Waals surface area contributed by atoms with Crippen LogP contribution < -0.4 is 4.90 Å². The Balaban J connectivity index is 0.914. The molecule has 0 aliphatic rings. The van der Waals surface area contributed by atoms with Crippen LogP contribution in [0, 0.1) is 0 Å². The van der Waals surface area contributed by atoms with E-state index in [2.05, 4.69) is 199 Å². The van der Waals surface area contributed by atoms with E-state index in [1.807, 2.05) is 22.8 Å². The van der Waals surface area contributed by atoms with Crippen molar-refractivity contribution >= 4 is 91.9 Å². The molecule has 13 rings (SSSR count). The van der Waals surface area contributed by atoms with E-state index in [0.29, 0.717) is 0 Å². The molecule has 0 saturated carbocycles. The first-order valence-electron chi connectivity index (χ1n) is 24.3. The number of para-hydroxylation sites is 2. The van der Waals surface area contributed by atoms with E-state index in [1.165, 1.54) is 42.1 Å². The molecule has 13 aromatic rings. The van der Waals surface area contributed by atoms with Gasteiger partial charge in [-0.1, -0.05) is 152 Å². The van der Waals surface area contributed by atoms with E-state index >= 15 is 0 Å². The lowest BCUT2D eigenvalue weighted by atomic mass is 9.96. The van der Waals surface area contributed by atoms with Crippen molar-refractivity contribution in [2.75, 3.05) is 4.90 Å². The van der Waals surface area contributed by atoms with Gasteiger partial charge in [-0.3, -0.25) is 0 Å². The Labute approximate surface area is 388 Å². The second kappa shape index (κ2) is 15.2. The van der Waals surface area contributed by atoms with Gasteiger partial charge in [-0.25, -0.2) is 0 Å². The zero-order valence-corrected chi connectivity index (χ0v) is 35.8. The molecule has 0 aliphatic heterocycles. The van der Waals surface area contributed by atoms with Gasteiger partial charge in [0.2, 0.25) is 0 Å². The van der Waals surface area contributed by atoms with Crippen LogP contribution in [-0.2, 0) is 0 Å². The van der Waals surface area contributed by atoms with E-state index in [4.69, 9.17) is 6.85 Å². The van der Waals surface area contributed by atoms with Gasteiger partial charge in [-0.2, -0.15) is 0 Å². The maximum absolute atomic E-state index is 9.07. The van der Waals surface area contributed by atoms with Crippen molar-refractivity contribution < 1.29 is 6.85 Å². The van der Waals surface area contributed by atoms with Gasteiger partial charge >= 0.3 is 0 Å². The van der Waals surface area contributed by atoms with Crippen LogP contribution in [0.25, 0.3) is 103 Å². The number of hydrogen-bond acceptors (Lipinski definition) is 2. The lowest BCUT2D eigenvalue weighted by molar-refractivity contribution is 1.18. The Bertz CT molecular complexity index is 4200. The van der Waals surface area contributed by atoms with Crippen LogP contribution in [0.5, 0.6) is 0 Å². The summed E-state index contributed by atoms with van der Waals surface area (Å²) in [5.74, 6) is 0. The topological polar surface area (TPSA) is 8.17 Å². The van der Waals surface area contributed by atoms with Crippen LogP contribution in [0.3, 0.4) is 0 Å². The van der Waals surface area contributed by atoms with Crippen molar-refractivity contribution in [1.29, 1.82) is 0 Å². The van der Waals surface area contributed by atoms with Crippen LogP contribution in [0.2, 0.25) is 0 Å². The summed E-state index contributed by atoms with van der Waals surface area (Å²) in [6.07, 6.45) is 0. The van der Waals surface area contributed by atoms with Gasteiger partial charge in [-0.15, -0.1) is 11.3 Å². The first-order chi connectivity index (χ1) is 34.3. The largest absolute Gasteiger partial charge is 0.311 e. The van der Waals surface area contributed by atoms with Crippen molar-refractivity contribution in [3.05, 3.63) is 243 Å². The minimum absolute atomic E-state index is 0.134. The first kappa shape index (κ1) is 32.4. The molecule has 3 heteroatoms. The number of anilines is 3. The van der Waals surface area contributed by atoms with Crippen LogP contribution in [-0.4, -0.2) is 4.57 Å². The number of fused-ring (bicyclic) bond motifs is 9. The highest BCUT2D eigenvalue weighted by Gasteiger charge is 2.18. The van der Waals surface area contributed by atoms with Crippen LogP contribution >= 0.6 is 11.3 Å². The summed E-state index contributed by atoms with van der Waals surface area (Å²) in [5, 5.41) is 8.84. The first-order valence-corrected chi connectivity index (χ1v) is 22.6. The van der Waals surface area contributed by atoms with Crippen LogP contribution in [0.15, 0.2) is 243 Å². The van der Waals surface area contributed by atoms with Crippen molar-refractivity contribution in [2.24, 2.45) is 0 Å². The number of aromatic nitrogens is 1. The highest BCUT2D eigenvalue weighted by atomic mass is 32.1. The molecule has 0 unspecified atom stereocenters. The minimum atomic E-state index is -0.412. The fourth-order valence-electron chi connectivity index (χ4n) is 9.81. The molecule has 304 valence electrons. The number of hydrogen-bond donors (Lipinski definition) is 0. The Morgan fingerprint density at radius 2 is 1.00 bits per heavy atom. The highest BCUT2D eigenvalue weighted by Crippen LogP contribution is 2.44. The molecule has 0 amide bonds. The predicted octanol–water partition coefficient (Wildman–Crippen LogP) is 17.9. The summed E-state index contributed by atoms with van der Waals surface area (Å²) in [7, 11) is 0. The van der Waals surface area contributed by atoms with E-state index < -0.39 is 6.04 Å². The normalized spacial score (nSPS) is 12.8. The molecular formula is C62H40N2S. The third-order valence-corrected chi connectivity index (χ3v) is 14.0. The smallest absolute Gasteiger partial charge is 0.0645 e. The van der Waals surface area contributed by atoms with Gasteiger partial charge in [-0.05, 0) is 146 Å². The summed E-state index contributed by atoms with van der Waals surface area (Å²) in [5.41, 5.74) is 11.4. The molecule has 2 heterocycles. The summed E-state index contributed by atoms with van der Waals surface area (Å²) in [6, 6.07) is 73.4. The SMILES string of the molecule is [2H]c1c([2H])c([2H])c(-n2c3ccc(-c4cccc(-c5ccc(N(c6ccccc6)c6ccc(-c7cccc8ccccc78)cc6)cc5)c4)cc3c3c4cc5c(cc4ccc32)sc2ccccc25)c([2H])c1[2H]. The highest BCUT2D eigenvalue weighted by molar-refractivity contribution is 7.25. The van der Waals surface area contributed by atoms with Gasteiger partial charge < -0.3 is 9.47 Å². The van der Waals surface area contributed by atoms with Crippen molar-refractivity contribution in [3.8, 4) is 39.1 Å². The average Bonchev–Trinajstić information content (AvgIpc) is 3.94. The fraction of sp³-hybridized carbons (Fsp3) is 0. The molecule has 11 aromatic carbocycles. The fourth-order valence-corrected chi connectivity index (χ4v) is 10.9. The Morgan fingerprint density at radius 3 is 1.82 bits per heavy atom. The lowest BCUT2D eigenvalue weighted by Gasteiger charge is -2.26. The Kier molecular flexibility index (Phi) is 7.60. The standard InChI is InChI=1S/C62H40N2S/c1-3-17-48(18-4-1)63(51-33-27-43(28-34-51)53-23-12-14-42-13-7-8-21-52(42)53)50-31-25-41(26-32-50)44-15-11-16-45(37-44)46-29-35-58-57(38-46)62-55-40-56-54-22-9-10-24-60(54)65-61(56)39-47(55)30-36-59(62)64(58)49-19-5-2-6-20-49/h1-40H/i2D,5D,6D,19D,20D. The van der Waals surface area contributed by atoms with Gasteiger partial charge in [0.05, 0.1) is 17.9 Å². The summed E-state index contributed by atoms with van der Waals surface area (Å²) in [6.45, 7) is 0. The monoisotopic (exact) mass is 849 g/mol. The van der Waals surface area contributed by atoms with Gasteiger partial charge in [0.1, 0.15) is 0 Å². The van der Waals surface area contributed by atoms with Gasteiger partial charge in [0, 0.05) is 53.7 Å². The lowest BCUT2D eigenvalue weighted by Crippen LogP contribution is -2.09. The van der Waals surface area contributed by atoms with E-state index in [1.54, 1.807) is 11.3 Å². The third kappa shape index (κ3) is 6.31. The predicted molar refractivity (Wildman–Crippen MR) is 280 cm³/mol. The molecule has 0 fully saturated rings. The molecular weight excluding hydrogens is 805 g/mol. The molecule has 2 nitrogen and oxygen atoms in total. The third-order valence-electron chi connectivity index (χ3n) is 12.8. The Hall–Kier alpha value is -8.24. The van der Waals surface area contributed by atoms with Crippen LogP contribution in [0.1, 0.15) is 6.85 Å². The van der Waals surface area contributed by atoms with Crippen molar-refractivity contribution in [1.82, 2.24) is 4.57 Å². The number of benzene rings is 11. The van der Waals surface area contributed by atoms with Gasteiger partial charge in [0.25, 0.3) is 0 Å². The molecule has 2 aromatic heterocycles. The molecule has 0 atom stereocenters. The van der Waals surface area contributed by atoms with E-state index in [0.717, 1.165) is 71.9 Å². The van der Waals surface area contributed by atoms with Crippen molar-refractivity contribution in [3.63, 3.8) is 0 Å². The zero-order chi connectivity index (χ0) is 47.2. The second-order valence-corrected chi connectivity index (χ2v) is 17.6. The molecule has 0 spiro atoms. The molecule has 0 saturated heterocycles. The molecule has 0 radical (unpaired) electrons. The zero-order valence-electron chi connectivity index (χ0n) is 40.0. The van der Waals surface area contributed by atoms with Crippen LogP contribution in [0.4, 0.5) is 17.1 Å². The quantitative estimate of drug-likeness (QED) is 0.155. The van der Waals surface area contributed by atoms with E-state index in [9.17, 15) is 0 Å². The number of thiophene rings is 1. The molecule has 65 heavy (non-hydrogen) atoms. The second-order valence-electron chi connectivity index (χ2n) is 16.5. The summed E-state index contributed by atoms with van der Waals surface area (Å²) >= 11 is 1.78. The van der Waals surface area contributed by atoms with Crippen molar-refractivity contribution in [2.45, 2.75) is 0 Å². The molecule has 0 aliphatic carbocycles. The summed E-state index contributed by atoms with van der Waals surface area (Å²) < 4.78 is 48.0. The molecule has 0 bridgehead atoms. The maximum Gasteiger partial charge on any atom is 0.0645 e. The number of nitrogens with zero attached hydrogens (tertiary/aromatic N) is 2. The summed E-state index contributed by atoms with van der Waals surface area (Å²) in [4.78, 5) is 2.29.